The molecule has 0 spiro atoms. The second kappa shape index (κ2) is 7.35. The molecule has 1 N–H and O–H groups in total. The van der Waals surface area contributed by atoms with Crippen molar-refractivity contribution in [3.63, 3.8) is 0 Å². The summed E-state index contributed by atoms with van der Waals surface area (Å²) in [6.07, 6.45) is 5.36. The standard InChI is InChI=1S/C19H17N5O3S/c1-12(2)26-14-7-5-13(6-8-14)11-15-18(25)24(19(20)28-15)17-16(21-27-22-17)23-9-3-4-10-23/h3-12,20H,1-2H3/b15-11-,20-19?. The van der Waals surface area contributed by atoms with Gasteiger partial charge >= 0.3 is 0 Å². The van der Waals surface area contributed by atoms with Crippen molar-refractivity contribution in [2.24, 2.45) is 0 Å². The summed E-state index contributed by atoms with van der Waals surface area (Å²) >= 11 is 1.07. The van der Waals surface area contributed by atoms with Crippen LogP contribution in [0.2, 0.25) is 0 Å². The number of carbonyl (C=O) groups is 1. The molecule has 28 heavy (non-hydrogen) atoms. The minimum Gasteiger partial charge on any atom is -0.491 e. The normalized spacial score (nSPS) is 15.8. The van der Waals surface area contributed by atoms with Gasteiger partial charge in [-0.25, -0.2) is 9.53 Å². The second-order valence-electron chi connectivity index (χ2n) is 6.29. The van der Waals surface area contributed by atoms with E-state index in [0.717, 1.165) is 23.1 Å². The second-order valence-corrected chi connectivity index (χ2v) is 7.32. The molecule has 3 heterocycles. The third-order valence-electron chi connectivity index (χ3n) is 3.89. The summed E-state index contributed by atoms with van der Waals surface area (Å²) in [5, 5.41) is 16.0. The molecular weight excluding hydrogens is 378 g/mol. The van der Waals surface area contributed by atoms with Gasteiger partial charge in [-0.15, -0.1) is 0 Å². The number of thioether (sulfide) groups is 1. The lowest BCUT2D eigenvalue weighted by atomic mass is 10.2. The summed E-state index contributed by atoms with van der Waals surface area (Å²) < 4.78 is 12.1. The van der Waals surface area contributed by atoms with Gasteiger partial charge in [-0.2, -0.15) is 0 Å². The third kappa shape index (κ3) is 3.44. The molecule has 2 aromatic heterocycles. The number of amides is 1. The van der Waals surface area contributed by atoms with Crippen molar-refractivity contribution in [2.45, 2.75) is 20.0 Å². The highest BCUT2D eigenvalue weighted by atomic mass is 32.2. The van der Waals surface area contributed by atoms with Gasteiger partial charge in [0.15, 0.2) is 5.17 Å². The van der Waals surface area contributed by atoms with Crippen LogP contribution in [-0.2, 0) is 4.79 Å². The molecule has 1 aliphatic rings. The van der Waals surface area contributed by atoms with Crippen LogP contribution in [0.5, 0.6) is 5.75 Å². The Bertz CT molecular complexity index is 1040. The number of ether oxygens (including phenoxy) is 1. The van der Waals surface area contributed by atoms with Gasteiger partial charge in [-0.3, -0.25) is 10.2 Å². The smallest absolute Gasteiger partial charge is 0.272 e. The maximum Gasteiger partial charge on any atom is 0.272 e. The van der Waals surface area contributed by atoms with Crippen molar-refractivity contribution in [1.29, 1.82) is 5.41 Å². The Morgan fingerprint density at radius 1 is 1.14 bits per heavy atom. The SMILES string of the molecule is CC(C)Oc1ccc(/C=C2\SC(=N)N(c3nonc3-n3cccc3)C2=O)cc1. The molecule has 0 bridgehead atoms. The minimum absolute atomic E-state index is 0.0418. The first-order valence-electron chi connectivity index (χ1n) is 8.58. The number of carbonyl (C=O) groups excluding carboxylic acids is 1. The van der Waals surface area contributed by atoms with Crippen LogP contribution in [0.15, 0.2) is 58.3 Å². The van der Waals surface area contributed by atoms with Gasteiger partial charge in [0.1, 0.15) is 5.75 Å². The Balaban J connectivity index is 1.60. The van der Waals surface area contributed by atoms with Gasteiger partial charge in [-0.1, -0.05) is 12.1 Å². The van der Waals surface area contributed by atoms with E-state index in [1.165, 1.54) is 4.90 Å². The minimum atomic E-state index is -0.346. The number of hydrogen-bond acceptors (Lipinski definition) is 7. The van der Waals surface area contributed by atoms with E-state index >= 15 is 0 Å². The fraction of sp³-hybridized carbons (Fsp3) is 0.158. The van der Waals surface area contributed by atoms with Crippen LogP contribution < -0.4 is 9.64 Å². The number of benzene rings is 1. The van der Waals surface area contributed by atoms with Gasteiger partial charge in [0, 0.05) is 12.4 Å². The molecule has 8 nitrogen and oxygen atoms in total. The number of nitrogens with one attached hydrogen (secondary N) is 1. The van der Waals surface area contributed by atoms with E-state index in [4.69, 9.17) is 14.8 Å². The van der Waals surface area contributed by atoms with E-state index in [1.54, 1.807) is 23.0 Å². The molecule has 0 saturated carbocycles. The monoisotopic (exact) mass is 395 g/mol. The average molecular weight is 395 g/mol. The molecule has 1 aliphatic heterocycles. The highest BCUT2D eigenvalue weighted by Crippen LogP contribution is 2.36. The first-order valence-corrected chi connectivity index (χ1v) is 9.40. The topological polar surface area (TPSA) is 97.2 Å². The average Bonchev–Trinajstić information content (AvgIpc) is 3.37. The number of nitrogens with zero attached hydrogens (tertiary/aromatic N) is 4. The first-order chi connectivity index (χ1) is 13.5. The maximum atomic E-state index is 12.9. The number of anilines is 1. The van der Waals surface area contributed by atoms with Gasteiger partial charge in [0.2, 0.25) is 11.6 Å². The highest BCUT2D eigenvalue weighted by Gasteiger charge is 2.37. The van der Waals surface area contributed by atoms with Crippen LogP contribution >= 0.6 is 11.8 Å². The predicted octanol–water partition coefficient (Wildman–Crippen LogP) is 3.70. The fourth-order valence-corrected chi connectivity index (χ4v) is 3.55. The van der Waals surface area contributed by atoms with E-state index in [9.17, 15) is 4.79 Å². The van der Waals surface area contributed by atoms with Crippen LogP contribution in [0, 0.1) is 5.41 Å². The van der Waals surface area contributed by atoms with Crippen LogP contribution in [0.1, 0.15) is 19.4 Å². The summed E-state index contributed by atoms with van der Waals surface area (Å²) in [7, 11) is 0. The number of hydrogen-bond donors (Lipinski definition) is 1. The summed E-state index contributed by atoms with van der Waals surface area (Å²) in [5.41, 5.74) is 0.838. The Kier molecular flexibility index (Phi) is 4.74. The molecule has 0 radical (unpaired) electrons. The quantitative estimate of drug-likeness (QED) is 0.662. The summed E-state index contributed by atoms with van der Waals surface area (Å²) in [5.74, 6) is 0.950. The lowest BCUT2D eigenvalue weighted by molar-refractivity contribution is -0.113. The summed E-state index contributed by atoms with van der Waals surface area (Å²) in [6.45, 7) is 3.93. The zero-order valence-corrected chi connectivity index (χ0v) is 16.0. The number of rotatable bonds is 5. The molecule has 142 valence electrons. The van der Waals surface area contributed by atoms with Gasteiger partial charge in [0.25, 0.3) is 5.91 Å². The van der Waals surface area contributed by atoms with E-state index in [2.05, 4.69) is 10.3 Å². The Morgan fingerprint density at radius 2 is 1.82 bits per heavy atom. The molecule has 1 aromatic carbocycles. The summed E-state index contributed by atoms with van der Waals surface area (Å²) in [4.78, 5) is 14.5. The zero-order valence-electron chi connectivity index (χ0n) is 15.2. The van der Waals surface area contributed by atoms with E-state index in [1.807, 2.05) is 50.2 Å². The van der Waals surface area contributed by atoms with E-state index < -0.39 is 0 Å². The number of amidine groups is 1. The largest absolute Gasteiger partial charge is 0.491 e. The van der Waals surface area contributed by atoms with Gasteiger partial charge in [-0.05, 0) is 71.8 Å². The third-order valence-corrected chi connectivity index (χ3v) is 4.78. The highest BCUT2D eigenvalue weighted by molar-refractivity contribution is 8.19. The van der Waals surface area contributed by atoms with Crippen molar-refractivity contribution < 1.29 is 14.2 Å². The molecule has 1 amide bonds. The number of aromatic nitrogens is 3. The van der Waals surface area contributed by atoms with E-state index in [-0.39, 0.29) is 23.0 Å². The molecule has 1 saturated heterocycles. The van der Waals surface area contributed by atoms with Crippen molar-refractivity contribution in [1.82, 2.24) is 14.9 Å². The molecule has 3 aromatic rings. The molecule has 0 aliphatic carbocycles. The molecule has 4 rings (SSSR count). The van der Waals surface area contributed by atoms with Crippen LogP contribution in [0.4, 0.5) is 5.82 Å². The van der Waals surface area contributed by atoms with Gasteiger partial charge in [0.05, 0.1) is 11.0 Å². The Hall–Kier alpha value is -3.33. The predicted molar refractivity (Wildman–Crippen MR) is 107 cm³/mol. The first kappa shape index (κ1) is 18.1. The van der Waals surface area contributed by atoms with Crippen LogP contribution in [0.25, 0.3) is 11.9 Å². The van der Waals surface area contributed by atoms with Crippen molar-refractivity contribution >= 4 is 34.7 Å². The molecular formula is C19H17N5O3S. The maximum absolute atomic E-state index is 12.9. The molecule has 1 fully saturated rings. The Morgan fingerprint density at radius 3 is 2.50 bits per heavy atom. The van der Waals surface area contributed by atoms with Crippen molar-refractivity contribution in [3.8, 4) is 11.6 Å². The molecule has 9 heteroatoms. The summed E-state index contributed by atoms with van der Waals surface area (Å²) in [6, 6.07) is 11.1. The van der Waals surface area contributed by atoms with Crippen molar-refractivity contribution in [3.05, 3.63) is 59.3 Å². The van der Waals surface area contributed by atoms with Gasteiger partial charge < -0.3 is 9.30 Å². The Labute approximate surface area is 165 Å². The van der Waals surface area contributed by atoms with E-state index in [0.29, 0.717) is 10.7 Å². The zero-order chi connectivity index (χ0) is 19.7. The fourth-order valence-electron chi connectivity index (χ4n) is 2.70. The van der Waals surface area contributed by atoms with Crippen LogP contribution in [0.3, 0.4) is 0 Å². The van der Waals surface area contributed by atoms with Crippen LogP contribution in [-0.4, -0.2) is 32.1 Å². The molecule has 0 atom stereocenters. The van der Waals surface area contributed by atoms with Crippen molar-refractivity contribution in [2.75, 3.05) is 4.90 Å². The molecule has 0 unspecified atom stereocenters. The lowest BCUT2D eigenvalue weighted by Crippen LogP contribution is -2.29. The lowest BCUT2D eigenvalue weighted by Gasteiger charge is -2.11.